The molecule has 3 aromatic carbocycles. The highest BCUT2D eigenvalue weighted by molar-refractivity contribution is 6.40. The van der Waals surface area contributed by atoms with Crippen molar-refractivity contribution in [2.24, 2.45) is 0 Å². The lowest BCUT2D eigenvalue weighted by Gasteiger charge is -2.08. The van der Waals surface area contributed by atoms with Crippen LogP contribution < -0.4 is 10.1 Å². The summed E-state index contributed by atoms with van der Waals surface area (Å²) in [5, 5.41) is 12.9. The molecule has 0 aromatic heterocycles. The number of halogens is 3. The van der Waals surface area contributed by atoms with Gasteiger partial charge in [-0.15, -0.1) is 0 Å². The minimum Gasteiger partial charge on any atom is -0.423 e. The Morgan fingerprint density at radius 3 is 2.10 bits per heavy atom. The minimum atomic E-state index is -0.657. The van der Waals surface area contributed by atoms with Crippen molar-refractivity contribution >= 4 is 58.4 Å². The molecule has 5 nitrogen and oxygen atoms in total. The third-order valence-corrected chi connectivity index (χ3v) is 4.93. The van der Waals surface area contributed by atoms with E-state index in [1.165, 1.54) is 6.08 Å². The summed E-state index contributed by atoms with van der Waals surface area (Å²) in [5.41, 5.74) is 0.988. The zero-order valence-electron chi connectivity index (χ0n) is 15.7. The number of esters is 1. The highest BCUT2D eigenvalue weighted by atomic mass is 35.5. The van der Waals surface area contributed by atoms with E-state index in [9.17, 15) is 14.9 Å². The monoisotopic (exact) mass is 470 g/mol. The summed E-state index contributed by atoms with van der Waals surface area (Å²) in [6.45, 7) is 0. The van der Waals surface area contributed by atoms with E-state index >= 15 is 0 Å². The zero-order valence-corrected chi connectivity index (χ0v) is 18.0. The van der Waals surface area contributed by atoms with Gasteiger partial charge in [0.2, 0.25) is 0 Å². The van der Waals surface area contributed by atoms with Crippen molar-refractivity contribution in [2.75, 3.05) is 5.32 Å². The van der Waals surface area contributed by atoms with Crippen LogP contribution >= 0.6 is 34.8 Å². The number of anilines is 1. The van der Waals surface area contributed by atoms with Crippen LogP contribution in [-0.4, -0.2) is 11.9 Å². The zero-order chi connectivity index (χ0) is 22.4. The number of rotatable bonds is 5. The number of hydrogen-bond acceptors (Lipinski definition) is 4. The number of para-hydroxylation sites is 1. The van der Waals surface area contributed by atoms with E-state index in [4.69, 9.17) is 39.5 Å². The third-order valence-electron chi connectivity index (χ3n) is 4.05. The summed E-state index contributed by atoms with van der Waals surface area (Å²) in [6.07, 6.45) is 1.39. The van der Waals surface area contributed by atoms with Gasteiger partial charge >= 0.3 is 5.97 Å². The molecule has 0 bridgehead atoms. The number of ether oxygens (including phenoxy) is 1. The van der Waals surface area contributed by atoms with Crippen molar-refractivity contribution in [3.05, 3.63) is 98.5 Å². The first-order chi connectivity index (χ1) is 14.9. The lowest BCUT2D eigenvalue weighted by Crippen LogP contribution is -2.14. The van der Waals surface area contributed by atoms with E-state index in [0.29, 0.717) is 21.9 Å². The molecule has 1 amide bonds. The fraction of sp³-hybridized carbons (Fsp3) is 0. The molecule has 0 heterocycles. The maximum absolute atomic E-state index is 12.4. The molecular formula is C23H13Cl3N2O3. The van der Waals surface area contributed by atoms with Gasteiger partial charge in [-0.1, -0.05) is 53.0 Å². The quantitative estimate of drug-likeness (QED) is 0.202. The molecule has 1 N–H and O–H groups in total. The first kappa shape index (κ1) is 22.4. The summed E-state index contributed by atoms with van der Waals surface area (Å²) in [4.78, 5) is 24.6. The molecule has 8 heteroatoms. The Morgan fingerprint density at radius 2 is 1.52 bits per heavy atom. The number of nitriles is 1. The van der Waals surface area contributed by atoms with Gasteiger partial charge in [-0.3, -0.25) is 4.79 Å². The minimum absolute atomic E-state index is 0.151. The van der Waals surface area contributed by atoms with Gasteiger partial charge in [0.15, 0.2) is 0 Å². The first-order valence-corrected chi connectivity index (χ1v) is 9.96. The molecule has 3 rings (SSSR count). The highest BCUT2D eigenvalue weighted by Gasteiger charge is 2.14. The predicted octanol–water partition coefficient (Wildman–Crippen LogP) is 6.41. The van der Waals surface area contributed by atoms with Crippen molar-refractivity contribution in [3.8, 4) is 11.8 Å². The fourth-order valence-electron chi connectivity index (χ4n) is 2.50. The van der Waals surface area contributed by atoms with Crippen molar-refractivity contribution in [1.82, 2.24) is 0 Å². The number of benzene rings is 3. The van der Waals surface area contributed by atoms with Gasteiger partial charge in [-0.25, -0.2) is 4.79 Å². The molecule has 0 aliphatic heterocycles. The van der Waals surface area contributed by atoms with Crippen LogP contribution in [0.1, 0.15) is 15.9 Å². The molecule has 0 atom stereocenters. The maximum atomic E-state index is 12.4. The van der Waals surface area contributed by atoms with Crippen LogP contribution in [0.2, 0.25) is 15.1 Å². The van der Waals surface area contributed by atoms with Crippen molar-refractivity contribution in [3.63, 3.8) is 0 Å². The Hall–Kier alpha value is -3.30. The predicted molar refractivity (Wildman–Crippen MR) is 122 cm³/mol. The van der Waals surface area contributed by atoms with Crippen LogP contribution in [0.3, 0.4) is 0 Å². The summed E-state index contributed by atoms with van der Waals surface area (Å²) < 4.78 is 5.30. The Bertz CT molecular complexity index is 1180. The second-order valence-electron chi connectivity index (χ2n) is 6.19. The molecular weight excluding hydrogens is 459 g/mol. The summed E-state index contributed by atoms with van der Waals surface area (Å²) in [7, 11) is 0. The molecule has 0 unspecified atom stereocenters. The van der Waals surface area contributed by atoms with Crippen molar-refractivity contribution < 1.29 is 14.3 Å². The average Bonchev–Trinajstić information content (AvgIpc) is 2.76. The van der Waals surface area contributed by atoms with Crippen LogP contribution in [0.5, 0.6) is 5.75 Å². The summed E-state index contributed by atoms with van der Waals surface area (Å²) in [6, 6.07) is 19.3. The third kappa shape index (κ3) is 5.87. The van der Waals surface area contributed by atoms with E-state index in [0.717, 1.165) is 0 Å². The van der Waals surface area contributed by atoms with Crippen LogP contribution in [0.15, 0.2) is 72.3 Å². The first-order valence-electron chi connectivity index (χ1n) is 8.82. The fourth-order valence-corrected chi connectivity index (χ4v) is 3.12. The van der Waals surface area contributed by atoms with Crippen molar-refractivity contribution in [1.29, 1.82) is 5.26 Å². The Morgan fingerprint density at radius 1 is 0.903 bits per heavy atom. The van der Waals surface area contributed by atoms with Crippen LogP contribution in [0.25, 0.3) is 6.08 Å². The molecule has 0 aliphatic carbocycles. The largest absolute Gasteiger partial charge is 0.423 e. The lowest BCUT2D eigenvalue weighted by molar-refractivity contribution is -0.112. The van der Waals surface area contributed by atoms with Crippen molar-refractivity contribution in [2.45, 2.75) is 0 Å². The van der Waals surface area contributed by atoms with Gasteiger partial charge in [-0.2, -0.15) is 5.26 Å². The van der Waals surface area contributed by atoms with E-state index in [1.54, 1.807) is 66.7 Å². The average molecular weight is 472 g/mol. The molecule has 0 saturated carbocycles. The number of amides is 1. The summed E-state index contributed by atoms with van der Waals surface area (Å²) in [5.74, 6) is -0.882. The molecule has 0 saturated heterocycles. The van der Waals surface area contributed by atoms with Crippen LogP contribution in [-0.2, 0) is 4.79 Å². The molecule has 0 aliphatic rings. The van der Waals surface area contributed by atoms with Gasteiger partial charge in [0.25, 0.3) is 5.91 Å². The van der Waals surface area contributed by atoms with Gasteiger partial charge < -0.3 is 10.1 Å². The summed E-state index contributed by atoms with van der Waals surface area (Å²) >= 11 is 17.9. The SMILES string of the molecule is N#C/C(=C\c1ccc(OC(=O)c2ccc(Cl)cc2)cc1)C(=O)Nc1c(Cl)cccc1Cl. The van der Waals surface area contributed by atoms with Gasteiger partial charge in [0.1, 0.15) is 17.4 Å². The molecule has 0 spiro atoms. The lowest BCUT2D eigenvalue weighted by atomic mass is 10.1. The topological polar surface area (TPSA) is 79.2 Å². The molecule has 0 radical (unpaired) electrons. The number of carbonyl (C=O) groups excluding carboxylic acids is 2. The van der Waals surface area contributed by atoms with E-state index in [2.05, 4.69) is 5.32 Å². The standard InChI is InChI=1S/C23H13Cl3N2O3/c24-17-8-6-15(7-9-17)23(30)31-18-10-4-14(5-11-18)12-16(13-27)22(29)28-21-19(25)2-1-3-20(21)26/h1-12H,(H,28,29)/b16-12+. The van der Waals surface area contributed by atoms with Crippen LogP contribution in [0, 0.1) is 11.3 Å². The van der Waals surface area contributed by atoms with Crippen LogP contribution in [0.4, 0.5) is 5.69 Å². The normalized spacial score (nSPS) is 10.8. The number of nitrogens with one attached hydrogen (secondary N) is 1. The second-order valence-corrected chi connectivity index (χ2v) is 7.44. The molecule has 0 fully saturated rings. The number of carbonyl (C=O) groups is 2. The Kier molecular flexibility index (Phi) is 7.32. The van der Waals surface area contributed by atoms with Gasteiger partial charge in [-0.05, 0) is 60.2 Å². The molecule has 154 valence electrons. The smallest absolute Gasteiger partial charge is 0.343 e. The van der Waals surface area contributed by atoms with Gasteiger partial charge in [0, 0.05) is 5.02 Å². The molecule has 31 heavy (non-hydrogen) atoms. The van der Waals surface area contributed by atoms with E-state index in [-0.39, 0.29) is 21.3 Å². The molecule has 3 aromatic rings. The maximum Gasteiger partial charge on any atom is 0.343 e. The van der Waals surface area contributed by atoms with E-state index in [1.807, 2.05) is 6.07 Å². The number of hydrogen-bond donors (Lipinski definition) is 1. The highest BCUT2D eigenvalue weighted by Crippen LogP contribution is 2.30. The second kappa shape index (κ2) is 10.1. The Balaban J connectivity index is 1.71. The Labute approximate surface area is 193 Å². The number of nitrogens with zero attached hydrogens (tertiary/aromatic N) is 1. The van der Waals surface area contributed by atoms with Gasteiger partial charge in [0.05, 0.1) is 21.3 Å². The van der Waals surface area contributed by atoms with E-state index < -0.39 is 11.9 Å².